The van der Waals surface area contributed by atoms with E-state index < -0.39 is 0 Å². The minimum absolute atomic E-state index is 0.192. The molecule has 26 heavy (non-hydrogen) atoms. The minimum atomic E-state index is 0.192. The van der Waals surface area contributed by atoms with Crippen molar-refractivity contribution in [1.82, 2.24) is 5.32 Å². The summed E-state index contributed by atoms with van der Waals surface area (Å²) in [7, 11) is 1.70. The zero-order chi connectivity index (χ0) is 17.8. The van der Waals surface area contributed by atoms with E-state index in [2.05, 4.69) is 53.8 Å². The summed E-state index contributed by atoms with van der Waals surface area (Å²) in [4.78, 5) is 0. The normalized spacial score (nSPS) is 16.0. The van der Waals surface area contributed by atoms with Crippen molar-refractivity contribution in [2.45, 2.75) is 19.1 Å². The van der Waals surface area contributed by atoms with Gasteiger partial charge < -0.3 is 14.8 Å². The Balaban J connectivity index is 1.64. The van der Waals surface area contributed by atoms with Crippen molar-refractivity contribution in [2.75, 3.05) is 13.7 Å². The SMILES string of the molecule is COc1cc2c(cc1OCc1ccccc1)CCNC2c1ccccc1. The first-order chi connectivity index (χ1) is 12.8. The van der Waals surface area contributed by atoms with Gasteiger partial charge >= 0.3 is 0 Å². The maximum Gasteiger partial charge on any atom is 0.161 e. The molecule has 0 spiro atoms. The Kier molecular flexibility index (Phi) is 4.89. The van der Waals surface area contributed by atoms with Crippen molar-refractivity contribution in [1.29, 1.82) is 0 Å². The maximum absolute atomic E-state index is 6.08. The molecule has 3 aromatic carbocycles. The second-order valence-electron chi connectivity index (χ2n) is 6.52. The van der Waals surface area contributed by atoms with Gasteiger partial charge in [0.25, 0.3) is 0 Å². The van der Waals surface area contributed by atoms with E-state index in [1.165, 1.54) is 16.7 Å². The topological polar surface area (TPSA) is 30.5 Å². The molecule has 132 valence electrons. The van der Waals surface area contributed by atoms with E-state index >= 15 is 0 Å². The first-order valence-electron chi connectivity index (χ1n) is 9.01. The van der Waals surface area contributed by atoms with E-state index in [0.717, 1.165) is 30.0 Å². The van der Waals surface area contributed by atoms with Crippen LogP contribution in [0.4, 0.5) is 0 Å². The van der Waals surface area contributed by atoms with Crippen molar-refractivity contribution >= 4 is 0 Å². The monoisotopic (exact) mass is 345 g/mol. The Morgan fingerprint density at radius 2 is 1.65 bits per heavy atom. The summed E-state index contributed by atoms with van der Waals surface area (Å²) in [6.07, 6.45) is 0.990. The molecule has 4 rings (SSSR count). The zero-order valence-corrected chi connectivity index (χ0v) is 14.9. The van der Waals surface area contributed by atoms with Crippen LogP contribution in [0.25, 0.3) is 0 Å². The van der Waals surface area contributed by atoms with Gasteiger partial charge in [0.2, 0.25) is 0 Å². The molecule has 0 bridgehead atoms. The van der Waals surface area contributed by atoms with E-state index in [1.807, 2.05) is 24.3 Å². The van der Waals surface area contributed by atoms with E-state index in [-0.39, 0.29) is 6.04 Å². The molecule has 0 saturated carbocycles. The van der Waals surface area contributed by atoms with Crippen molar-refractivity contribution in [3.05, 3.63) is 95.1 Å². The van der Waals surface area contributed by atoms with Crippen LogP contribution in [-0.2, 0) is 13.0 Å². The molecule has 0 radical (unpaired) electrons. The fraction of sp³-hybridized carbons (Fsp3) is 0.217. The van der Waals surface area contributed by atoms with Gasteiger partial charge in [0.15, 0.2) is 11.5 Å². The Morgan fingerprint density at radius 1 is 0.923 bits per heavy atom. The molecular weight excluding hydrogens is 322 g/mol. The highest BCUT2D eigenvalue weighted by atomic mass is 16.5. The predicted molar refractivity (Wildman–Crippen MR) is 104 cm³/mol. The number of fused-ring (bicyclic) bond motifs is 1. The molecular formula is C23H23NO2. The lowest BCUT2D eigenvalue weighted by Gasteiger charge is -2.28. The molecule has 3 heteroatoms. The maximum atomic E-state index is 6.08. The second-order valence-corrected chi connectivity index (χ2v) is 6.52. The highest BCUT2D eigenvalue weighted by Crippen LogP contribution is 2.37. The summed E-state index contributed by atoms with van der Waals surface area (Å²) in [5.74, 6) is 1.59. The lowest BCUT2D eigenvalue weighted by atomic mass is 9.89. The fourth-order valence-corrected chi connectivity index (χ4v) is 3.51. The molecule has 0 aliphatic carbocycles. The summed E-state index contributed by atoms with van der Waals surface area (Å²) < 4.78 is 11.7. The largest absolute Gasteiger partial charge is 0.493 e. The highest BCUT2D eigenvalue weighted by molar-refractivity contribution is 5.51. The minimum Gasteiger partial charge on any atom is -0.493 e. The summed E-state index contributed by atoms with van der Waals surface area (Å²) >= 11 is 0. The number of hydrogen-bond donors (Lipinski definition) is 1. The van der Waals surface area contributed by atoms with Crippen LogP contribution in [0.3, 0.4) is 0 Å². The number of methoxy groups -OCH3 is 1. The standard InChI is InChI=1S/C23H23NO2/c1-25-21-15-20-19(12-13-24-23(20)18-10-6-3-7-11-18)14-22(21)26-16-17-8-4-2-5-9-17/h2-11,14-15,23-24H,12-13,16H2,1H3. The Morgan fingerprint density at radius 3 is 2.38 bits per heavy atom. The molecule has 0 aromatic heterocycles. The van der Waals surface area contributed by atoms with Gasteiger partial charge in [0.1, 0.15) is 6.61 Å². The van der Waals surface area contributed by atoms with Gasteiger partial charge in [-0.25, -0.2) is 0 Å². The number of rotatable bonds is 5. The van der Waals surface area contributed by atoms with Gasteiger partial charge in [-0.1, -0.05) is 60.7 Å². The van der Waals surface area contributed by atoms with Crippen LogP contribution >= 0.6 is 0 Å². The van der Waals surface area contributed by atoms with Crippen LogP contribution in [0.15, 0.2) is 72.8 Å². The molecule has 0 saturated heterocycles. The van der Waals surface area contributed by atoms with E-state index in [9.17, 15) is 0 Å². The summed E-state index contributed by atoms with van der Waals surface area (Å²) in [5.41, 5.74) is 5.01. The molecule has 0 fully saturated rings. The van der Waals surface area contributed by atoms with Crippen LogP contribution in [-0.4, -0.2) is 13.7 Å². The average Bonchev–Trinajstić information content (AvgIpc) is 2.72. The van der Waals surface area contributed by atoms with Crippen LogP contribution < -0.4 is 14.8 Å². The summed E-state index contributed by atoms with van der Waals surface area (Å²) in [6, 6.07) is 25.2. The van der Waals surface area contributed by atoms with Crippen molar-refractivity contribution in [3.8, 4) is 11.5 Å². The molecule has 0 amide bonds. The third-order valence-corrected chi connectivity index (χ3v) is 4.85. The smallest absolute Gasteiger partial charge is 0.161 e. The molecule has 3 aromatic rings. The van der Waals surface area contributed by atoms with Crippen LogP contribution in [0.1, 0.15) is 28.3 Å². The molecule has 1 aliphatic heterocycles. The molecule has 1 N–H and O–H groups in total. The van der Waals surface area contributed by atoms with Crippen LogP contribution in [0.5, 0.6) is 11.5 Å². The van der Waals surface area contributed by atoms with E-state index in [4.69, 9.17) is 9.47 Å². The van der Waals surface area contributed by atoms with Crippen LogP contribution in [0, 0.1) is 0 Å². The van der Waals surface area contributed by atoms with E-state index in [0.29, 0.717) is 6.61 Å². The van der Waals surface area contributed by atoms with Gasteiger partial charge in [-0.2, -0.15) is 0 Å². The Hall–Kier alpha value is -2.78. The van der Waals surface area contributed by atoms with Crippen molar-refractivity contribution < 1.29 is 9.47 Å². The fourth-order valence-electron chi connectivity index (χ4n) is 3.51. The third kappa shape index (κ3) is 3.44. The first-order valence-corrected chi connectivity index (χ1v) is 9.01. The number of ether oxygens (including phenoxy) is 2. The first kappa shape index (κ1) is 16.7. The number of benzene rings is 3. The second kappa shape index (κ2) is 7.63. The lowest BCUT2D eigenvalue weighted by Crippen LogP contribution is -2.30. The van der Waals surface area contributed by atoms with E-state index in [1.54, 1.807) is 7.11 Å². The quantitative estimate of drug-likeness (QED) is 0.738. The van der Waals surface area contributed by atoms with Gasteiger partial charge in [-0.05, 0) is 40.8 Å². The Bertz CT molecular complexity index is 862. The highest BCUT2D eigenvalue weighted by Gasteiger charge is 2.23. The van der Waals surface area contributed by atoms with Gasteiger partial charge in [0.05, 0.1) is 13.2 Å². The van der Waals surface area contributed by atoms with Gasteiger partial charge in [0, 0.05) is 6.54 Å². The van der Waals surface area contributed by atoms with Gasteiger partial charge in [-0.3, -0.25) is 0 Å². The lowest BCUT2D eigenvalue weighted by molar-refractivity contribution is 0.283. The number of nitrogens with one attached hydrogen (secondary N) is 1. The average molecular weight is 345 g/mol. The predicted octanol–water partition coefficient (Wildman–Crippen LogP) is 4.51. The third-order valence-electron chi connectivity index (χ3n) is 4.85. The molecule has 1 atom stereocenters. The molecule has 1 unspecified atom stereocenters. The summed E-state index contributed by atoms with van der Waals surface area (Å²) in [6.45, 7) is 1.49. The number of hydrogen-bond acceptors (Lipinski definition) is 3. The molecule has 3 nitrogen and oxygen atoms in total. The molecule has 1 heterocycles. The Labute approximate surface area is 154 Å². The van der Waals surface area contributed by atoms with Crippen molar-refractivity contribution in [2.24, 2.45) is 0 Å². The molecule has 1 aliphatic rings. The van der Waals surface area contributed by atoms with Crippen LogP contribution in [0.2, 0.25) is 0 Å². The van der Waals surface area contributed by atoms with Gasteiger partial charge in [-0.15, -0.1) is 0 Å². The zero-order valence-electron chi connectivity index (χ0n) is 14.9. The summed E-state index contributed by atoms with van der Waals surface area (Å²) in [5, 5.41) is 3.62. The van der Waals surface area contributed by atoms with Crippen molar-refractivity contribution in [3.63, 3.8) is 0 Å².